The van der Waals surface area contributed by atoms with Crippen LogP contribution in [0.3, 0.4) is 0 Å². The van der Waals surface area contributed by atoms with Crippen molar-refractivity contribution in [3.8, 4) is 0 Å². The number of hydrogen-bond donors (Lipinski definition) is 2. The van der Waals surface area contributed by atoms with Crippen molar-refractivity contribution in [2.24, 2.45) is 0 Å². The molecule has 1 rings (SSSR count). The zero-order valence-corrected chi connectivity index (χ0v) is 8.94. The summed E-state index contributed by atoms with van der Waals surface area (Å²) in [5.41, 5.74) is 2.13. The monoisotopic (exact) mass is 198 g/mol. The van der Waals surface area contributed by atoms with E-state index in [1.807, 2.05) is 13.1 Å². The van der Waals surface area contributed by atoms with Crippen LogP contribution < -0.4 is 0 Å². The highest BCUT2D eigenvalue weighted by molar-refractivity contribution is 5.19. The fourth-order valence-electron chi connectivity index (χ4n) is 1.47. The van der Waals surface area contributed by atoms with Crippen molar-refractivity contribution >= 4 is 0 Å². The minimum Gasteiger partial charge on any atom is -0.394 e. The van der Waals surface area contributed by atoms with Gasteiger partial charge in [-0.25, -0.2) is 0 Å². The highest BCUT2D eigenvalue weighted by Crippen LogP contribution is 2.19. The molecule has 0 fully saturated rings. The third-order valence-electron chi connectivity index (χ3n) is 2.37. The lowest BCUT2D eigenvalue weighted by Gasteiger charge is -2.10. The summed E-state index contributed by atoms with van der Waals surface area (Å²) in [5, 5.41) is 22.3. The first-order valence-corrected chi connectivity index (χ1v) is 4.87. The molecular formula is C10H18N2O2. The Morgan fingerprint density at radius 1 is 1.36 bits per heavy atom. The predicted octanol–water partition coefficient (Wildman–Crippen LogP) is 0.841. The van der Waals surface area contributed by atoms with Crippen LogP contribution in [0.15, 0.2) is 6.20 Å². The summed E-state index contributed by atoms with van der Waals surface area (Å²) in [4.78, 5) is 0. The molecule has 4 nitrogen and oxygen atoms in total. The van der Waals surface area contributed by atoms with Gasteiger partial charge in [-0.1, -0.05) is 13.8 Å². The van der Waals surface area contributed by atoms with Gasteiger partial charge in [0.2, 0.25) is 0 Å². The summed E-state index contributed by atoms with van der Waals surface area (Å²) in [5.74, 6) is 0.418. The van der Waals surface area contributed by atoms with Gasteiger partial charge in [-0.15, -0.1) is 0 Å². The summed E-state index contributed by atoms with van der Waals surface area (Å²) < 4.78 is 1.64. The third-order valence-corrected chi connectivity index (χ3v) is 2.37. The van der Waals surface area contributed by atoms with Gasteiger partial charge in [0.05, 0.1) is 24.9 Å². The van der Waals surface area contributed by atoms with Crippen LogP contribution in [0.1, 0.15) is 37.1 Å². The molecule has 0 bridgehead atoms. The van der Waals surface area contributed by atoms with E-state index in [4.69, 9.17) is 10.2 Å². The van der Waals surface area contributed by atoms with Crippen LogP contribution in [-0.2, 0) is 0 Å². The molecule has 0 aliphatic rings. The number of aliphatic hydroxyl groups is 2. The van der Waals surface area contributed by atoms with Crippen LogP contribution in [0, 0.1) is 6.92 Å². The molecule has 1 aromatic heterocycles. The van der Waals surface area contributed by atoms with Crippen molar-refractivity contribution in [3.05, 3.63) is 17.5 Å². The van der Waals surface area contributed by atoms with E-state index in [1.54, 1.807) is 4.68 Å². The Kier molecular flexibility index (Phi) is 3.66. The van der Waals surface area contributed by atoms with E-state index in [0.717, 1.165) is 11.3 Å². The molecular weight excluding hydrogens is 180 g/mol. The summed E-state index contributed by atoms with van der Waals surface area (Å²) >= 11 is 0. The van der Waals surface area contributed by atoms with Crippen molar-refractivity contribution in [1.29, 1.82) is 0 Å². The summed E-state index contributed by atoms with van der Waals surface area (Å²) in [6.45, 7) is 5.96. The van der Waals surface area contributed by atoms with E-state index in [-0.39, 0.29) is 19.3 Å². The third kappa shape index (κ3) is 2.13. The van der Waals surface area contributed by atoms with Gasteiger partial charge in [0.15, 0.2) is 0 Å². The lowest BCUT2D eigenvalue weighted by atomic mass is 10.1. The van der Waals surface area contributed by atoms with E-state index in [1.165, 1.54) is 0 Å². The van der Waals surface area contributed by atoms with Crippen molar-refractivity contribution in [2.45, 2.75) is 32.7 Å². The number of rotatable bonds is 4. The highest BCUT2D eigenvalue weighted by atomic mass is 16.3. The molecule has 4 heteroatoms. The molecule has 1 aromatic rings. The first-order chi connectivity index (χ1) is 6.60. The van der Waals surface area contributed by atoms with Gasteiger partial charge in [-0.3, -0.25) is 4.68 Å². The molecule has 0 aliphatic carbocycles. The van der Waals surface area contributed by atoms with Gasteiger partial charge in [-0.05, 0) is 18.4 Å². The summed E-state index contributed by atoms with van der Waals surface area (Å²) in [7, 11) is 0. The van der Waals surface area contributed by atoms with E-state index in [9.17, 15) is 0 Å². The number of nitrogens with zero attached hydrogens (tertiary/aromatic N) is 2. The van der Waals surface area contributed by atoms with Gasteiger partial charge in [0.1, 0.15) is 0 Å². The average molecular weight is 198 g/mol. The summed E-state index contributed by atoms with van der Waals surface area (Å²) in [6, 6.07) is -0.318. The van der Waals surface area contributed by atoms with Gasteiger partial charge < -0.3 is 10.2 Å². The molecule has 0 spiro atoms. The molecule has 80 valence electrons. The Morgan fingerprint density at radius 2 is 1.93 bits per heavy atom. The molecule has 0 saturated carbocycles. The topological polar surface area (TPSA) is 58.3 Å². The Hall–Kier alpha value is -0.870. The highest BCUT2D eigenvalue weighted by Gasteiger charge is 2.13. The maximum atomic E-state index is 9.00. The largest absolute Gasteiger partial charge is 0.394 e. The molecule has 0 radical (unpaired) electrons. The van der Waals surface area contributed by atoms with Crippen LogP contribution in [0.25, 0.3) is 0 Å². The molecule has 0 amide bonds. The quantitative estimate of drug-likeness (QED) is 0.753. The maximum absolute atomic E-state index is 9.00. The Morgan fingerprint density at radius 3 is 2.29 bits per heavy atom. The van der Waals surface area contributed by atoms with Gasteiger partial charge >= 0.3 is 0 Å². The van der Waals surface area contributed by atoms with E-state index in [2.05, 4.69) is 18.9 Å². The SMILES string of the molecule is Cc1nn(C(CO)CO)cc1C(C)C. The van der Waals surface area contributed by atoms with Crippen molar-refractivity contribution in [1.82, 2.24) is 9.78 Å². The molecule has 0 aliphatic heterocycles. The Balaban J connectivity index is 2.95. The van der Waals surface area contributed by atoms with Crippen molar-refractivity contribution in [2.75, 3.05) is 13.2 Å². The van der Waals surface area contributed by atoms with Crippen LogP contribution in [-0.4, -0.2) is 33.2 Å². The second-order valence-corrected chi connectivity index (χ2v) is 3.82. The molecule has 0 aromatic carbocycles. The van der Waals surface area contributed by atoms with Gasteiger partial charge in [0.25, 0.3) is 0 Å². The predicted molar refractivity (Wildman–Crippen MR) is 54.3 cm³/mol. The summed E-state index contributed by atoms with van der Waals surface area (Å²) in [6.07, 6.45) is 1.90. The molecule has 2 N–H and O–H groups in total. The van der Waals surface area contributed by atoms with E-state index >= 15 is 0 Å². The molecule has 0 atom stereocenters. The Labute approximate surface area is 84.2 Å². The van der Waals surface area contributed by atoms with Gasteiger partial charge in [0, 0.05) is 6.20 Å². The van der Waals surface area contributed by atoms with Crippen molar-refractivity contribution in [3.63, 3.8) is 0 Å². The average Bonchev–Trinajstić information content (AvgIpc) is 2.50. The molecule has 0 unspecified atom stereocenters. The minimum absolute atomic E-state index is 0.0881. The fourth-order valence-corrected chi connectivity index (χ4v) is 1.47. The van der Waals surface area contributed by atoms with Gasteiger partial charge in [-0.2, -0.15) is 5.10 Å². The van der Waals surface area contributed by atoms with Crippen molar-refractivity contribution < 1.29 is 10.2 Å². The molecule has 1 heterocycles. The second kappa shape index (κ2) is 4.57. The van der Waals surface area contributed by atoms with E-state index in [0.29, 0.717) is 5.92 Å². The first-order valence-electron chi connectivity index (χ1n) is 4.87. The second-order valence-electron chi connectivity index (χ2n) is 3.82. The lowest BCUT2D eigenvalue weighted by molar-refractivity contribution is 0.146. The molecule has 14 heavy (non-hydrogen) atoms. The number of hydrogen-bond acceptors (Lipinski definition) is 3. The normalized spacial score (nSPS) is 11.6. The number of aliphatic hydroxyl groups excluding tert-OH is 2. The van der Waals surface area contributed by atoms with E-state index < -0.39 is 0 Å². The maximum Gasteiger partial charge on any atom is 0.0980 e. The van der Waals surface area contributed by atoms with Crippen LogP contribution in [0.2, 0.25) is 0 Å². The minimum atomic E-state index is -0.318. The van der Waals surface area contributed by atoms with Crippen LogP contribution in [0.5, 0.6) is 0 Å². The zero-order valence-electron chi connectivity index (χ0n) is 8.94. The first kappa shape index (κ1) is 11.2. The van der Waals surface area contributed by atoms with Crippen LogP contribution in [0.4, 0.5) is 0 Å². The lowest BCUT2D eigenvalue weighted by Crippen LogP contribution is -2.17. The fraction of sp³-hybridized carbons (Fsp3) is 0.700. The zero-order chi connectivity index (χ0) is 10.7. The van der Waals surface area contributed by atoms with Crippen LogP contribution >= 0.6 is 0 Å². The number of aromatic nitrogens is 2. The smallest absolute Gasteiger partial charge is 0.0980 e. The standard InChI is InChI=1S/C10H18N2O2/c1-7(2)10-4-12(11-8(10)3)9(5-13)6-14/h4,7,9,13-14H,5-6H2,1-3H3. The number of aryl methyl sites for hydroxylation is 1. The Bertz CT molecular complexity index is 290. The molecule has 0 saturated heterocycles.